The Labute approximate surface area is 138 Å². The fourth-order valence-electron chi connectivity index (χ4n) is 2.73. The van der Waals surface area contributed by atoms with Crippen LogP contribution < -0.4 is 15.8 Å². The molecule has 0 aromatic carbocycles. The number of nitrogens with one attached hydrogen (secondary N) is 1. The molecule has 1 unspecified atom stereocenters. The maximum Gasteiger partial charge on any atom is 0.321 e. The van der Waals surface area contributed by atoms with E-state index < -0.39 is 11.9 Å². The Morgan fingerprint density at radius 1 is 1.50 bits per heavy atom. The maximum absolute atomic E-state index is 12.3. The van der Waals surface area contributed by atoms with Crippen LogP contribution in [0.15, 0.2) is 12.3 Å². The third kappa shape index (κ3) is 4.34. The van der Waals surface area contributed by atoms with Gasteiger partial charge in [0.25, 0.3) is 5.91 Å². The number of aliphatic carboxylic acids is 1. The number of rotatable bonds is 5. The van der Waals surface area contributed by atoms with Gasteiger partial charge in [-0.3, -0.25) is 9.59 Å². The number of anilines is 1. The lowest BCUT2D eigenvalue weighted by Crippen LogP contribution is -2.42. The van der Waals surface area contributed by atoms with E-state index in [4.69, 9.17) is 15.6 Å². The molecule has 1 aromatic heterocycles. The number of carboxylic acid groups (broad SMARTS) is 1. The molecule has 0 saturated carbocycles. The largest absolute Gasteiger partial charge is 0.481 e. The number of hydrogen-bond donors (Lipinski definition) is 3. The van der Waals surface area contributed by atoms with Crippen LogP contribution in [0.4, 0.5) is 10.5 Å². The lowest BCUT2D eigenvalue weighted by molar-refractivity contribution is -0.138. The van der Waals surface area contributed by atoms with Crippen LogP contribution in [0, 0.1) is 5.92 Å². The Morgan fingerprint density at radius 2 is 2.25 bits per heavy atom. The quantitative estimate of drug-likeness (QED) is 0.731. The molecule has 0 radical (unpaired) electrons. The van der Waals surface area contributed by atoms with Crippen LogP contribution in [0.5, 0.6) is 5.88 Å². The summed E-state index contributed by atoms with van der Waals surface area (Å²) >= 11 is 0. The van der Waals surface area contributed by atoms with Crippen molar-refractivity contribution < 1.29 is 24.2 Å². The summed E-state index contributed by atoms with van der Waals surface area (Å²) in [5.41, 5.74) is 5.64. The number of nitrogens with two attached hydrogens (primary N) is 1. The second-order valence-corrected chi connectivity index (χ2v) is 5.63. The van der Waals surface area contributed by atoms with Gasteiger partial charge >= 0.3 is 12.0 Å². The third-order valence-corrected chi connectivity index (χ3v) is 3.83. The van der Waals surface area contributed by atoms with E-state index in [0.29, 0.717) is 18.8 Å². The van der Waals surface area contributed by atoms with E-state index in [2.05, 4.69) is 10.3 Å². The molecule has 1 aromatic rings. The van der Waals surface area contributed by atoms with Gasteiger partial charge in [-0.15, -0.1) is 0 Å². The van der Waals surface area contributed by atoms with Gasteiger partial charge in [-0.25, -0.2) is 9.78 Å². The molecule has 24 heavy (non-hydrogen) atoms. The van der Waals surface area contributed by atoms with Crippen LogP contribution in [0.1, 0.15) is 29.6 Å². The summed E-state index contributed by atoms with van der Waals surface area (Å²) in [5, 5.41) is 11.5. The molecule has 0 bridgehead atoms. The summed E-state index contributed by atoms with van der Waals surface area (Å²) in [6, 6.07) is 1.03. The standard InChI is InChI=1S/C15H20N4O5/c1-24-14-11(13(16)22)6-10(7-17-14)18-15(23)19-4-2-3-9(8-19)5-12(20)21/h6-7,9H,2-5,8H2,1H3,(H2,16,22)(H,18,23)(H,20,21). The molecule has 3 amide bonds. The van der Waals surface area contributed by atoms with Crippen molar-refractivity contribution in [2.75, 3.05) is 25.5 Å². The van der Waals surface area contributed by atoms with E-state index in [0.717, 1.165) is 12.8 Å². The van der Waals surface area contributed by atoms with Crippen LogP contribution in [0.25, 0.3) is 0 Å². The van der Waals surface area contributed by atoms with Gasteiger partial charge in [-0.2, -0.15) is 0 Å². The highest BCUT2D eigenvalue weighted by molar-refractivity contribution is 5.97. The molecule has 130 valence electrons. The smallest absolute Gasteiger partial charge is 0.321 e. The first-order chi connectivity index (χ1) is 11.4. The number of hydrogen-bond acceptors (Lipinski definition) is 5. The summed E-state index contributed by atoms with van der Waals surface area (Å²) < 4.78 is 4.94. The fraction of sp³-hybridized carbons (Fsp3) is 0.467. The highest BCUT2D eigenvalue weighted by Gasteiger charge is 2.25. The number of methoxy groups -OCH3 is 1. The highest BCUT2D eigenvalue weighted by atomic mass is 16.5. The molecule has 1 atom stereocenters. The van der Waals surface area contributed by atoms with Crippen LogP contribution in [0.3, 0.4) is 0 Å². The lowest BCUT2D eigenvalue weighted by Gasteiger charge is -2.32. The van der Waals surface area contributed by atoms with E-state index in [9.17, 15) is 14.4 Å². The number of piperidine rings is 1. The maximum atomic E-state index is 12.3. The predicted octanol–water partition coefficient (Wildman–Crippen LogP) is 0.908. The Bertz CT molecular complexity index is 649. The molecule has 1 aliphatic rings. The normalized spacial score (nSPS) is 17.2. The number of carbonyl (C=O) groups is 3. The van der Waals surface area contributed by atoms with Crippen molar-refractivity contribution in [1.29, 1.82) is 0 Å². The molecule has 1 aliphatic heterocycles. The Kier molecular flexibility index (Phi) is 5.56. The Morgan fingerprint density at radius 3 is 2.88 bits per heavy atom. The number of likely N-dealkylation sites (tertiary alicyclic amines) is 1. The van der Waals surface area contributed by atoms with Crippen molar-refractivity contribution in [2.45, 2.75) is 19.3 Å². The van der Waals surface area contributed by atoms with E-state index in [1.165, 1.54) is 19.4 Å². The first-order valence-corrected chi connectivity index (χ1v) is 7.52. The molecule has 0 aliphatic carbocycles. The molecule has 9 nitrogen and oxygen atoms in total. The average molecular weight is 336 g/mol. The highest BCUT2D eigenvalue weighted by Crippen LogP contribution is 2.22. The molecule has 9 heteroatoms. The number of nitrogens with zero attached hydrogens (tertiary/aromatic N) is 2. The zero-order chi connectivity index (χ0) is 17.7. The minimum Gasteiger partial charge on any atom is -0.481 e. The number of amides is 3. The van der Waals surface area contributed by atoms with Gasteiger partial charge in [0.2, 0.25) is 5.88 Å². The van der Waals surface area contributed by atoms with Crippen molar-refractivity contribution in [3.63, 3.8) is 0 Å². The van der Waals surface area contributed by atoms with Crippen LogP contribution in [-0.2, 0) is 4.79 Å². The second kappa shape index (κ2) is 7.62. The Balaban J connectivity index is 2.05. The molecule has 4 N–H and O–H groups in total. The first kappa shape index (κ1) is 17.5. The third-order valence-electron chi connectivity index (χ3n) is 3.83. The summed E-state index contributed by atoms with van der Waals surface area (Å²) in [7, 11) is 1.36. The molecule has 2 heterocycles. The fourth-order valence-corrected chi connectivity index (χ4v) is 2.73. The second-order valence-electron chi connectivity index (χ2n) is 5.63. The number of ether oxygens (including phenoxy) is 1. The van der Waals surface area contributed by atoms with Gasteiger partial charge in [-0.05, 0) is 24.8 Å². The first-order valence-electron chi connectivity index (χ1n) is 7.52. The topological polar surface area (TPSA) is 135 Å². The van der Waals surface area contributed by atoms with Crippen LogP contribution >= 0.6 is 0 Å². The molecule has 2 rings (SSSR count). The van der Waals surface area contributed by atoms with E-state index in [1.807, 2.05) is 0 Å². The Hall–Kier alpha value is -2.84. The van der Waals surface area contributed by atoms with E-state index in [1.54, 1.807) is 4.90 Å². The van der Waals surface area contributed by atoms with Crippen molar-refractivity contribution in [2.24, 2.45) is 11.7 Å². The van der Waals surface area contributed by atoms with Crippen molar-refractivity contribution in [1.82, 2.24) is 9.88 Å². The lowest BCUT2D eigenvalue weighted by atomic mass is 9.95. The summed E-state index contributed by atoms with van der Waals surface area (Å²) in [6.07, 6.45) is 2.94. The molecular formula is C15H20N4O5. The predicted molar refractivity (Wildman–Crippen MR) is 84.9 cm³/mol. The summed E-state index contributed by atoms with van der Waals surface area (Å²) in [6.45, 7) is 0.929. The zero-order valence-corrected chi connectivity index (χ0v) is 13.3. The number of primary amides is 1. The van der Waals surface area contributed by atoms with Crippen molar-refractivity contribution in [3.8, 4) is 5.88 Å². The van der Waals surface area contributed by atoms with Gasteiger partial charge in [0, 0.05) is 19.5 Å². The molecule has 1 fully saturated rings. The number of carboxylic acids is 1. The minimum absolute atomic E-state index is 0.0414. The zero-order valence-electron chi connectivity index (χ0n) is 13.3. The van der Waals surface area contributed by atoms with Crippen molar-refractivity contribution in [3.05, 3.63) is 17.8 Å². The van der Waals surface area contributed by atoms with Gasteiger partial charge in [0.1, 0.15) is 5.56 Å². The van der Waals surface area contributed by atoms with E-state index >= 15 is 0 Å². The minimum atomic E-state index is -0.868. The van der Waals surface area contributed by atoms with E-state index in [-0.39, 0.29) is 29.8 Å². The van der Waals surface area contributed by atoms with Gasteiger partial charge < -0.3 is 25.8 Å². The monoisotopic (exact) mass is 336 g/mol. The SMILES string of the molecule is COc1ncc(NC(=O)N2CCCC(CC(=O)O)C2)cc1C(N)=O. The molecule has 0 spiro atoms. The van der Waals surface area contributed by atoms with Gasteiger partial charge in [-0.1, -0.05) is 0 Å². The number of carbonyl (C=O) groups excluding carboxylic acids is 2. The average Bonchev–Trinajstić information content (AvgIpc) is 2.54. The van der Waals surface area contributed by atoms with Crippen LogP contribution in [-0.4, -0.2) is 53.1 Å². The summed E-state index contributed by atoms with van der Waals surface area (Å²) in [5.74, 6) is -1.56. The van der Waals surface area contributed by atoms with Crippen molar-refractivity contribution >= 4 is 23.6 Å². The van der Waals surface area contributed by atoms with Gasteiger partial charge in [0.05, 0.1) is 19.0 Å². The summed E-state index contributed by atoms with van der Waals surface area (Å²) in [4.78, 5) is 40.0. The van der Waals surface area contributed by atoms with Crippen LogP contribution in [0.2, 0.25) is 0 Å². The molecular weight excluding hydrogens is 316 g/mol. The van der Waals surface area contributed by atoms with Gasteiger partial charge in [0.15, 0.2) is 0 Å². The number of aromatic nitrogens is 1. The number of urea groups is 1. The number of pyridine rings is 1. The molecule has 1 saturated heterocycles.